The fourth-order valence-electron chi connectivity index (χ4n) is 3.50. The smallest absolute Gasteiger partial charge is 0.269 e. The van der Waals surface area contributed by atoms with Gasteiger partial charge in [-0.1, -0.05) is 32.0 Å². The molecule has 25 heavy (non-hydrogen) atoms. The highest BCUT2D eigenvalue weighted by atomic mass is 16.2. The fraction of sp³-hybridized carbons (Fsp3) is 0.500. The molecule has 0 aliphatic carbocycles. The van der Waals surface area contributed by atoms with Gasteiger partial charge in [-0.15, -0.1) is 0 Å². The maximum absolute atomic E-state index is 12.5. The van der Waals surface area contributed by atoms with Gasteiger partial charge in [0.05, 0.1) is 5.69 Å². The molecule has 0 radical (unpaired) electrons. The number of hydrogen-bond acceptors (Lipinski definition) is 3. The average Bonchev–Trinajstić information content (AvgIpc) is 2.94. The molecule has 2 heterocycles. The topological polar surface area (TPSA) is 50.2 Å². The molecule has 0 bridgehead atoms. The van der Waals surface area contributed by atoms with Crippen molar-refractivity contribution in [2.75, 3.05) is 24.5 Å². The van der Waals surface area contributed by atoms with Gasteiger partial charge < -0.3 is 10.2 Å². The molecule has 1 aliphatic rings. The highest BCUT2D eigenvalue weighted by Gasteiger charge is 2.17. The van der Waals surface area contributed by atoms with Gasteiger partial charge in [-0.3, -0.25) is 9.48 Å². The molecule has 1 aromatic heterocycles. The number of rotatable bonds is 6. The molecule has 1 N–H and O–H groups in total. The van der Waals surface area contributed by atoms with Crippen molar-refractivity contribution in [3.8, 4) is 0 Å². The Labute approximate surface area is 150 Å². The maximum atomic E-state index is 12.5. The Bertz CT molecular complexity index is 735. The number of benzene rings is 1. The summed E-state index contributed by atoms with van der Waals surface area (Å²) in [4.78, 5) is 14.8. The van der Waals surface area contributed by atoms with Crippen molar-refractivity contribution in [1.82, 2.24) is 15.1 Å². The van der Waals surface area contributed by atoms with E-state index in [2.05, 4.69) is 53.4 Å². The third-order valence-electron chi connectivity index (χ3n) is 4.65. The summed E-state index contributed by atoms with van der Waals surface area (Å²) in [6, 6.07) is 10.5. The molecule has 5 heteroatoms. The van der Waals surface area contributed by atoms with Crippen molar-refractivity contribution in [1.29, 1.82) is 0 Å². The number of aromatic nitrogens is 2. The van der Waals surface area contributed by atoms with Crippen LogP contribution in [0.1, 0.15) is 42.0 Å². The van der Waals surface area contributed by atoms with Gasteiger partial charge in [-0.25, -0.2) is 0 Å². The number of amides is 1. The Balaban J connectivity index is 1.56. The van der Waals surface area contributed by atoms with Gasteiger partial charge in [0.25, 0.3) is 5.91 Å². The van der Waals surface area contributed by atoms with E-state index in [9.17, 15) is 4.79 Å². The summed E-state index contributed by atoms with van der Waals surface area (Å²) in [5, 5.41) is 7.49. The lowest BCUT2D eigenvalue weighted by Gasteiger charge is -2.31. The molecule has 0 atom stereocenters. The molecular formula is C20H28N4O. The third kappa shape index (κ3) is 4.21. The molecule has 3 rings (SSSR count). The van der Waals surface area contributed by atoms with Crippen LogP contribution in [0.5, 0.6) is 0 Å². The second-order valence-corrected chi connectivity index (χ2v) is 7.22. The highest BCUT2D eigenvalue weighted by Crippen LogP contribution is 2.25. The van der Waals surface area contributed by atoms with Crippen LogP contribution >= 0.6 is 0 Å². The first kappa shape index (κ1) is 17.5. The van der Waals surface area contributed by atoms with Crippen LogP contribution in [-0.2, 0) is 19.9 Å². The summed E-state index contributed by atoms with van der Waals surface area (Å²) >= 11 is 0. The van der Waals surface area contributed by atoms with Crippen molar-refractivity contribution in [3.05, 3.63) is 47.3 Å². The summed E-state index contributed by atoms with van der Waals surface area (Å²) in [6.45, 7) is 6.84. The molecule has 1 aromatic carbocycles. The van der Waals surface area contributed by atoms with Crippen LogP contribution in [0.25, 0.3) is 0 Å². The van der Waals surface area contributed by atoms with Gasteiger partial charge in [0.1, 0.15) is 5.69 Å². The Kier molecular flexibility index (Phi) is 5.41. The number of anilines is 1. The molecule has 0 fully saturated rings. The molecule has 5 nitrogen and oxygen atoms in total. The number of nitrogens with one attached hydrogen (secondary N) is 1. The minimum absolute atomic E-state index is 0.0460. The van der Waals surface area contributed by atoms with Crippen LogP contribution in [0.2, 0.25) is 0 Å². The number of carbonyl (C=O) groups excluding carboxylic acids is 1. The standard InChI is InChI=1S/C20H28N4O/c1-15(2)13-17-14-19(23(3)22-17)20(25)21-10-12-24-11-6-8-16-7-4-5-9-18(16)24/h4-5,7,9,14-15H,6,8,10-13H2,1-3H3,(H,21,25). The SMILES string of the molecule is CC(C)Cc1cc(C(=O)NCCN2CCCc3ccccc32)n(C)n1. The van der Waals surface area contributed by atoms with E-state index >= 15 is 0 Å². The Morgan fingerprint density at radius 3 is 2.92 bits per heavy atom. The average molecular weight is 340 g/mol. The molecular weight excluding hydrogens is 312 g/mol. The van der Waals surface area contributed by atoms with E-state index in [0.29, 0.717) is 18.2 Å². The van der Waals surface area contributed by atoms with Crippen molar-refractivity contribution in [2.24, 2.45) is 13.0 Å². The summed E-state index contributed by atoms with van der Waals surface area (Å²) in [7, 11) is 1.83. The molecule has 1 amide bonds. The van der Waals surface area contributed by atoms with Crippen molar-refractivity contribution in [3.63, 3.8) is 0 Å². The summed E-state index contributed by atoms with van der Waals surface area (Å²) in [5.74, 6) is 0.486. The maximum Gasteiger partial charge on any atom is 0.269 e. The molecule has 1 aliphatic heterocycles. The molecule has 0 unspecified atom stereocenters. The molecule has 0 saturated heterocycles. The van der Waals surface area contributed by atoms with E-state index in [1.54, 1.807) is 4.68 Å². The first-order valence-electron chi connectivity index (χ1n) is 9.18. The van der Waals surface area contributed by atoms with Gasteiger partial charge >= 0.3 is 0 Å². The number of carbonyl (C=O) groups is 1. The van der Waals surface area contributed by atoms with E-state index in [-0.39, 0.29) is 5.91 Å². The van der Waals surface area contributed by atoms with E-state index in [4.69, 9.17) is 0 Å². The first-order chi connectivity index (χ1) is 12.0. The van der Waals surface area contributed by atoms with Crippen LogP contribution in [0, 0.1) is 5.92 Å². The highest BCUT2D eigenvalue weighted by molar-refractivity contribution is 5.92. The normalized spacial score (nSPS) is 13.8. The minimum Gasteiger partial charge on any atom is -0.370 e. The van der Waals surface area contributed by atoms with Gasteiger partial charge in [0, 0.05) is 32.4 Å². The zero-order valence-corrected chi connectivity index (χ0v) is 15.5. The summed E-state index contributed by atoms with van der Waals surface area (Å²) < 4.78 is 1.68. The first-order valence-corrected chi connectivity index (χ1v) is 9.18. The van der Waals surface area contributed by atoms with Crippen molar-refractivity contribution in [2.45, 2.75) is 33.1 Å². The Morgan fingerprint density at radius 2 is 2.12 bits per heavy atom. The quantitative estimate of drug-likeness (QED) is 0.880. The van der Waals surface area contributed by atoms with Crippen LogP contribution in [0.15, 0.2) is 30.3 Å². The van der Waals surface area contributed by atoms with Crippen LogP contribution in [0.3, 0.4) is 0 Å². The Hall–Kier alpha value is -2.30. The molecule has 2 aromatic rings. The lowest BCUT2D eigenvalue weighted by atomic mass is 10.0. The Morgan fingerprint density at radius 1 is 1.32 bits per heavy atom. The summed E-state index contributed by atoms with van der Waals surface area (Å²) in [6.07, 6.45) is 3.21. The van der Waals surface area contributed by atoms with Gasteiger partial charge in [0.2, 0.25) is 0 Å². The molecule has 0 spiro atoms. The lowest BCUT2D eigenvalue weighted by molar-refractivity contribution is 0.0945. The second kappa shape index (κ2) is 7.72. The molecule has 134 valence electrons. The minimum atomic E-state index is -0.0460. The lowest BCUT2D eigenvalue weighted by Crippen LogP contribution is -2.38. The van der Waals surface area contributed by atoms with Crippen LogP contribution < -0.4 is 10.2 Å². The summed E-state index contributed by atoms with van der Waals surface area (Å²) in [5.41, 5.74) is 4.33. The fourth-order valence-corrected chi connectivity index (χ4v) is 3.50. The number of nitrogens with zero attached hydrogens (tertiary/aromatic N) is 3. The number of para-hydroxylation sites is 1. The van der Waals surface area contributed by atoms with Crippen molar-refractivity contribution < 1.29 is 4.79 Å². The van der Waals surface area contributed by atoms with E-state index in [1.165, 1.54) is 17.7 Å². The number of hydrogen-bond donors (Lipinski definition) is 1. The van der Waals surface area contributed by atoms with Gasteiger partial charge in [0.15, 0.2) is 0 Å². The van der Waals surface area contributed by atoms with Gasteiger partial charge in [-0.2, -0.15) is 5.10 Å². The predicted octanol–water partition coefficient (Wildman–Crippen LogP) is 2.80. The van der Waals surface area contributed by atoms with Gasteiger partial charge in [-0.05, 0) is 42.9 Å². The second-order valence-electron chi connectivity index (χ2n) is 7.22. The van der Waals surface area contributed by atoms with Crippen LogP contribution in [0.4, 0.5) is 5.69 Å². The monoisotopic (exact) mass is 340 g/mol. The molecule has 0 saturated carbocycles. The van der Waals surface area contributed by atoms with E-state index in [1.807, 2.05) is 13.1 Å². The van der Waals surface area contributed by atoms with E-state index in [0.717, 1.165) is 31.6 Å². The predicted molar refractivity (Wildman–Crippen MR) is 101 cm³/mol. The zero-order chi connectivity index (χ0) is 17.8. The number of fused-ring (bicyclic) bond motifs is 1. The van der Waals surface area contributed by atoms with Crippen LogP contribution in [-0.4, -0.2) is 35.3 Å². The third-order valence-corrected chi connectivity index (χ3v) is 4.65. The largest absolute Gasteiger partial charge is 0.370 e. The van der Waals surface area contributed by atoms with E-state index < -0.39 is 0 Å². The number of aryl methyl sites for hydroxylation is 2. The van der Waals surface area contributed by atoms with Crippen molar-refractivity contribution >= 4 is 11.6 Å². The zero-order valence-electron chi connectivity index (χ0n) is 15.5.